The van der Waals surface area contributed by atoms with Crippen LogP contribution in [-0.2, 0) is 38.0 Å². The highest BCUT2D eigenvalue weighted by atomic mass is 16.8. The van der Waals surface area contributed by atoms with Crippen molar-refractivity contribution in [3.63, 3.8) is 0 Å². The summed E-state index contributed by atoms with van der Waals surface area (Å²) in [6, 6.07) is 9.38. The van der Waals surface area contributed by atoms with Gasteiger partial charge in [0.05, 0.1) is 0 Å². The minimum absolute atomic E-state index is 0.580. The van der Waals surface area contributed by atoms with Crippen LogP contribution in [0.2, 0.25) is 0 Å². The molecule has 0 spiro atoms. The van der Waals surface area contributed by atoms with Crippen molar-refractivity contribution in [2.24, 2.45) is 0 Å². The molecule has 8 heteroatoms. The molecule has 0 radical (unpaired) electrons. The van der Waals surface area contributed by atoms with Crippen LogP contribution in [0.4, 0.5) is 0 Å². The summed E-state index contributed by atoms with van der Waals surface area (Å²) in [6.45, 7) is 8.93. The van der Waals surface area contributed by atoms with Crippen molar-refractivity contribution in [2.45, 2.75) is 82.8 Å². The van der Waals surface area contributed by atoms with Crippen LogP contribution in [0, 0.1) is 0 Å². The van der Waals surface area contributed by atoms with E-state index < -0.39 is 60.1 Å². The van der Waals surface area contributed by atoms with Crippen molar-refractivity contribution in [3.05, 3.63) is 66.3 Å². The van der Waals surface area contributed by atoms with Crippen molar-refractivity contribution in [3.8, 4) is 0 Å². The number of carbonyl (C=O) groups is 2. The normalized spacial score (nSPS) is 33.2. The fraction of sp³-hybridized carbons (Fsp3) is 0.481. The number of allylic oxidation sites excluding steroid dienone is 3. The van der Waals surface area contributed by atoms with Crippen molar-refractivity contribution in [1.82, 2.24) is 0 Å². The average molecular weight is 485 g/mol. The second-order valence-electron chi connectivity index (χ2n) is 9.56. The average Bonchev–Trinajstić information content (AvgIpc) is 3.30. The van der Waals surface area contributed by atoms with E-state index >= 15 is 0 Å². The van der Waals surface area contributed by atoms with Crippen LogP contribution in [0.1, 0.15) is 40.2 Å². The van der Waals surface area contributed by atoms with E-state index in [1.165, 1.54) is 12.2 Å². The predicted molar refractivity (Wildman–Crippen MR) is 127 cm³/mol. The maximum atomic E-state index is 12.9. The van der Waals surface area contributed by atoms with E-state index in [4.69, 9.17) is 28.4 Å². The highest BCUT2D eigenvalue weighted by molar-refractivity contribution is 5.87. The first-order chi connectivity index (χ1) is 16.6. The molecule has 1 aromatic rings. The molecule has 1 aromatic carbocycles. The molecule has 3 aliphatic rings. The molecule has 1 aliphatic carbocycles. The highest BCUT2D eigenvalue weighted by Crippen LogP contribution is 2.46. The molecule has 35 heavy (non-hydrogen) atoms. The fourth-order valence-corrected chi connectivity index (χ4v) is 4.61. The maximum Gasteiger partial charge on any atom is 0.331 e. The first-order valence-corrected chi connectivity index (χ1v) is 11.7. The largest absolute Gasteiger partial charge is 0.452 e. The first kappa shape index (κ1) is 25.3. The van der Waals surface area contributed by atoms with Crippen molar-refractivity contribution in [2.75, 3.05) is 0 Å². The molecule has 2 saturated heterocycles. The number of ether oxygens (including phenoxy) is 6. The van der Waals surface area contributed by atoms with Gasteiger partial charge in [0.2, 0.25) is 0 Å². The topological polar surface area (TPSA) is 89.5 Å². The van der Waals surface area contributed by atoms with Gasteiger partial charge in [-0.1, -0.05) is 48.6 Å². The summed E-state index contributed by atoms with van der Waals surface area (Å²) in [7, 11) is 0. The minimum Gasteiger partial charge on any atom is -0.452 e. The van der Waals surface area contributed by atoms with Gasteiger partial charge in [-0.2, -0.15) is 0 Å². The van der Waals surface area contributed by atoms with E-state index in [0.29, 0.717) is 0 Å². The number of hydrogen-bond donors (Lipinski definition) is 0. The molecule has 1 saturated carbocycles. The molecule has 4 rings (SSSR count). The van der Waals surface area contributed by atoms with Gasteiger partial charge in [-0.3, -0.25) is 0 Å². The lowest BCUT2D eigenvalue weighted by Crippen LogP contribution is -2.63. The Bertz CT molecular complexity index is 1010. The zero-order valence-corrected chi connectivity index (χ0v) is 20.6. The van der Waals surface area contributed by atoms with Crippen molar-refractivity contribution in [1.29, 1.82) is 0 Å². The van der Waals surface area contributed by atoms with E-state index in [-0.39, 0.29) is 0 Å². The quantitative estimate of drug-likeness (QED) is 0.343. The van der Waals surface area contributed by atoms with Gasteiger partial charge in [-0.15, -0.1) is 0 Å². The third kappa shape index (κ3) is 5.90. The summed E-state index contributed by atoms with van der Waals surface area (Å²) in [4.78, 5) is 25.5. The number of fused-ring (bicyclic) bond motifs is 3. The molecule has 0 aromatic heterocycles. The summed E-state index contributed by atoms with van der Waals surface area (Å²) in [5.41, 5.74) is 0.846. The van der Waals surface area contributed by atoms with Gasteiger partial charge in [-0.25, -0.2) is 9.59 Å². The molecule has 0 unspecified atom stereocenters. The van der Waals surface area contributed by atoms with Gasteiger partial charge in [0.15, 0.2) is 23.8 Å². The molecule has 0 bridgehead atoms. The number of carbonyl (C=O) groups excluding carboxylic acids is 2. The smallest absolute Gasteiger partial charge is 0.331 e. The zero-order valence-electron chi connectivity index (χ0n) is 20.6. The fourth-order valence-electron chi connectivity index (χ4n) is 4.61. The zero-order chi connectivity index (χ0) is 25.2. The number of hydrogen-bond acceptors (Lipinski definition) is 8. The van der Waals surface area contributed by atoms with Crippen molar-refractivity contribution >= 4 is 18.0 Å². The Labute approximate surface area is 205 Å². The molecule has 8 nitrogen and oxygen atoms in total. The summed E-state index contributed by atoms with van der Waals surface area (Å²) in [5.74, 6) is -3.11. The van der Waals surface area contributed by atoms with E-state index in [0.717, 1.165) is 5.56 Å². The molecule has 2 heterocycles. The molecule has 3 fully saturated rings. The Hall–Kier alpha value is -2.78. The van der Waals surface area contributed by atoms with E-state index in [1.54, 1.807) is 52.0 Å². The Morgan fingerprint density at radius 3 is 1.74 bits per heavy atom. The molecule has 2 aliphatic heterocycles. The van der Waals surface area contributed by atoms with Crippen LogP contribution < -0.4 is 0 Å². The van der Waals surface area contributed by atoms with Gasteiger partial charge < -0.3 is 28.4 Å². The van der Waals surface area contributed by atoms with Crippen LogP contribution in [0.25, 0.3) is 6.08 Å². The first-order valence-electron chi connectivity index (χ1n) is 11.7. The Morgan fingerprint density at radius 1 is 0.743 bits per heavy atom. The lowest BCUT2D eigenvalue weighted by atomic mass is 9.84. The molecular weight excluding hydrogens is 452 g/mol. The van der Waals surface area contributed by atoms with Crippen LogP contribution in [0.3, 0.4) is 0 Å². The van der Waals surface area contributed by atoms with Gasteiger partial charge >= 0.3 is 11.9 Å². The lowest BCUT2D eigenvalue weighted by Gasteiger charge is -2.41. The molecule has 188 valence electrons. The van der Waals surface area contributed by atoms with Gasteiger partial charge in [0, 0.05) is 12.2 Å². The van der Waals surface area contributed by atoms with Gasteiger partial charge in [-0.05, 0) is 46.3 Å². The molecule has 0 amide bonds. The second kappa shape index (κ2) is 10.1. The van der Waals surface area contributed by atoms with E-state index in [2.05, 4.69) is 0 Å². The van der Waals surface area contributed by atoms with Crippen molar-refractivity contribution < 1.29 is 38.0 Å². The molecule has 0 N–H and O–H groups in total. The monoisotopic (exact) mass is 484 g/mol. The second-order valence-corrected chi connectivity index (χ2v) is 9.56. The molecule has 6 atom stereocenters. The SMILES string of the molecule is C/C=C/C=C/C(=O)O[C@H]1[C@H](OC(=O)/C=C/c2ccccc2)[C@H]2OC(C)(C)O[C@H]2[C@@H]2OC(C)(C)O[C@H]12. The number of benzene rings is 1. The van der Waals surface area contributed by atoms with E-state index in [9.17, 15) is 9.59 Å². The minimum atomic E-state index is -0.979. The third-order valence-corrected chi connectivity index (χ3v) is 5.87. The van der Waals surface area contributed by atoms with Gasteiger partial charge in [0.25, 0.3) is 0 Å². The Morgan fingerprint density at radius 2 is 1.23 bits per heavy atom. The lowest BCUT2D eigenvalue weighted by molar-refractivity contribution is -0.206. The van der Waals surface area contributed by atoms with E-state index in [1.807, 2.05) is 37.3 Å². The predicted octanol–water partition coefficient (Wildman–Crippen LogP) is 3.71. The van der Waals surface area contributed by atoms with Gasteiger partial charge in [0.1, 0.15) is 24.4 Å². The highest BCUT2D eigenvalue weighted by Gasteiger charge is 2.65. The van der Waals surface area contributed by atoms with Crippen LogP contribution in [-0.4, -0.2) is 60.1 Å². The summed E-state index contributed by atoms with van der Waals surface area (Å²) in [5, 5.41) is 0. The summed E-state index contributed by atoms with van der Waals surface area (Å²) < 4.78 is 36.2. The standard InChI is InChI=1S/C27H32O8/c1-6-7-9-14-18(28)30-20-21(31-19(29)16-15-17-12-10-8-11-13-17)23-25(35-27(4,5)33-23)24-22(20)32-26(2,3)34-24/h6-16,20-25H,1-5H3/b7-6+,14-9+,16-15+/t20-,21-,22+,23+,24+,25+/m0/s1. The summed E-state index contributed by atoms with van der Waals surface area (Å²) in [6.07, 6.45) is 4.79. The third-order valence-electron chi connectivity index (χ3n) is 5.87. The number of rotatable bonds is 6. The molecular formula is C27H32O8. The maximum absolute atomic E-state index is 12.9. The van der Waals surface area contributed by atoms with Crippen LogP contribution in [0.5, 0.6) is 0 Å². The summed E-state index contributed by atoms with van der Waals surface area (Å²) >= 11 is 0. The number of esters is 2. The van der Waals surface area contributed by atoms with Crippen LogP contribution >= 0.6 is 0 Å². The Kier molecular flexibility index (Phi) is 7.28. The van der Waals surface area contributed by atoms with Crippen LogP contribution in [0.15, 0.2) is 60.7 Å². The Balaban J connectivity index is 1.63.